The maximum Gasteiger partial charge on any atom is 0.321 e. The quantitative estimate of drug-likeness (QED) is 0.305. The maximum absolute atomic E-state index is 13.8. The summed E-state index contributed by atoms with van der Waals surface area (Å²) >= 11 is 0. The molecular weight excluding hydrogens is 581 g/mol. The molecule has 0 aliphatic carbocycles. The Morgan fingerprint density at radius 2 is 1.70 bits per heavy atom. The lowest BCUT2D eigenvalue weighted by Crippen LogP contribution is -3.00. The van der Waals surface area contributed by atoms with Crippen LogP contribution in [0.5, 0.6) is 5.75 Å². The Hall–Kier alpha value is -3.44. The van der Waals surface area contributed by atoms with E-state index in [0.717, 1.165) is 23.4 Å². The van der Waals surface area contributed by atoms with Crippen molar-refractivity contribution in [3.05, 3.63) is 90.0 Å². The number of urea groups is 1. The van der Waals surface area contributed by atoms with Gasteiger partial charge in [-0.2, -0.15) is 0 Å². The SMILES string of the molecule is COc1cccc(NC(=O)NC2N=C(c3ccccc3)c3ccccc3N(CC[N+](C)(C)C)C2=O)c1.[I-]. The molecule has 0 fully saturated rings. The van der Waals surface area contributed by atoms with E-state index in [4.69, 9.17) is 9.73 Å². The number of anilines is 2. The van der Waals surface area contributed by atoms with E-state index in [-0.39, 0.29) is 29.9 Å². The fraction of sp³-hybridized carbons (Fsp3) is 0.250. The molecule has 4 rings (SSSR count). The van der Waals surface area contributed by atoms with Crippen LogP contribution in [0, 0.1) is 0 Å². The lowest BCUT2D eigenvalue weighted by molar-refractivity contribution is -0.868. The van der Waals surface area contributed by atoms with Crippen LogP contribution in [0.1, 0.15) is 11.1 Å². The number of likely N-dealkylation sites (N-methyl/N-ethyl adjacent to an activating group) is 1. The van der Waals surface area contributed by atoms with Crippen LogP contribution >= 0.6 is 0 Å². The number of methoxy groups -OCH3 is 1. The Labute approximate surface area is 234 Å². The highest BCUT2D eigenvalue weighted by atomic mass is 127. The van der Waals surface area contributed by atoms with E-state index in [1.807, 2.05) is 54.6 Å². The number of nitrogens with one attached hydrogen (secondary N) is 2. The molecule has 1 unspecified atom stereocenters. The van der Waals surface area contributed by atoms with Gasteiger partial charge in [0.25, 0.3) is 5.91 Å². The molecule has 0 aromatic heterocycles. The first-order valence-corrected chi connectivity index (χ1v) is 11.8. The third-order valence-corrected chi connectivity index (χ3v) is 5.85. The number of aliphatic imine (C=N–C) groups is 1. The number of nitrogens with zero attached hydrogens (tertiary/aromatic N) is 3. The molecular formula is C28H32IN5O3. The topological polar surface area (TPSA) is 83.0 Å². The Bertz CT molecular complexity index is 1270. The molecule has 37 heavy (non-hydrogen) atoms. The van der Waals surface area contributed by atoms with E-state index in [2.05, 4.69) is 31.8 Å². The zero-order valence-electron chi connectivity index (χ0n) is 21.4. The van der Waals surface area contributed by atoms with Crippen molar-refractivity contribution in [3.8, 4) is 5.75 Å². The molecule has 9 heteroatoms. The highest BCUT2D eigenvalue weighted by Crippen LogP contribution is 2.28. The van der Waals surface area contributed by atoms with Gasteiger partial charge in [-0.1, -0.05) is 54.6 Å². The van der Waals surface area contributed by atoms with E-state index in [1.54, 1.807) is 36.3 Å². The average Bonchev–Trinajstić information content (AvgIpc) is 2.97. The van der Waals surface area contributed by atoms with E-state index < -0.39 is 12.2 Å². The van der Waals surface area contributed by atoms with Gasteiger partial charge >= 0.3 is 6.03 Å². The number of benzodiazepines with no additional fused rings is 1. The number of para-hydroxylation sites is 1. The Morgan fingerprint density at radius 3 is 2.41 bits per heavy atom. The van der Waals surface area contributed by atoms with Crippen molar-refractivity contribution in [2.45, 2.75) is 6.17 Å². The van der Waals surface area contributed by atoms with Gasteiger partial charge in [0, 0.05) is 22.9 Å². The maximum atomic E-state index is 13.8. The molecule has 1 aliphatic heterocycles. The minimum absolute atomic E-state index is 0. The van der Waals surface area contributed by atoms with Gasteiger partial charge < -0.3 is 48.7 Å². The number of carbonyl (C=O) groups is 2. The fourth-order valence-corrected chi connectivity index (χ4v) is 3.97. The van der Waals surface area contributed by atoms with Crippen LogP contribution in [0.4, 0.5) is 16.2 Å². The Kier molecular flexibility index (Phi) is 9.28. The van der Waals surface area contributed by atoms with Crippen molar-refractivity contribution in [2.24, 2.45) is 4.99 Å². The third kappa shape index (κ3) is 7.07. The molecule has 3 aromatic carbocycles. The second-order valence-electron chi connectivity index (χ2n) is 9.60. The second-order valence-corrected chi connectivity index (χ2v) is 9.60. The van der Waals surface area contributed by atoms with E-state index >= 15 is 0 Å². The first-order chi connectivity index (χ1) is 17.2. The van der Waals surface area contributed by atoms with Gasteiger partial charge in [-0.05, 0) is 18.2 Å². The summed E-state index contributed by atoms with van der Waals surface area (Å²) in [5.41, 5.74) is 3.68. The molecule has 1 atom stereocenters. The van der Waals surface area contributed by atoms with Crippen molar-refractivity contribution >= 4 is 29.0 Å². The predicted octanol–water partition coefficient (Wildman–Crippen LogP) is 0.737. The lowest BCUT2D eigenvalue weighted by Gasteiger charge is -2.30. The molecule has 0 radical (unpaired) electrons. The molecule has 0 bridgehead atoms. The molecule has 3 aromatic rings. The van der Waals surface area contributed by atoms with Crippen LogP contribution in [-0.4, -0.2) is 69.6 Å². The van der Waals surface area contributed by atoms with Crippen molar-refractivity contribution in [2.75, 3.05) is 51.6 Å². The average molecular weight is 614 g/mol. The smallest absolute Gasteiger partial charge is 0.321 e. The van der Waals surface area contributed by atoms with Crippen LogP contribution < -0.4 is 44.2 Å². The van der Waals surface area contributed by atoms with Crippen LogP contribution in [0.2, 0.25) is 0 Å². The number of ether oxygens (including phenoxy) is 1. The summed E-state index contributed by atoms with van der Waals surface area (Å²) in [7, 11) is 7.80. The van der Waals surface area contributed by atoms with Gasteiger partial charge in [0.2, 0.25) is 6.17 Å². The molecule has 8 nitrogen and oxygen atoms in total. The molecule has 0 saturated carbocycles. The summed E-state index contributed by atoms with van der Waals surface area (Å²) in [6.07, 6.45) is -1.11. The second kappa shape index (κ2) is 12.2. The van der Waals surface area contributed by atoms with E-state index in [9.17, 15) is 9.59 Å². The molecule has 1 heterocycles. The summed E-state index contributed by atoms with van der Waals surface area (Å²) in [6.45, 7) is 1.20. The van der Waals surface area contributed by atoms with Gasteiger partial charge in [0.05, 0.1) is 52.7 Å². The molecule has 0 saturated heterocycles. The predicted molar refractivity (Wildman–Crippen MR) is 143 cm³/mol. The minimum Gasteiger partial charge on any atom is -1.00 e. The van der Waals surface area contributed by atoms with Crippen LogP contribution in [0.15, 0.2) is 83.9 Å². The van der Waals surface area contributed by atoms with Gasteiger partial charge in [0.1, 0.15) is 5.75 Å². The minimum atomic E-state index is -1.11. The van der Waals surface area contributed by atoms with Gasteiger partial charge in [-0.15, -0.1) is 0 Å². The highest BCUT2D eigenvalue weighted by molar-refractivity contribution is 6.20. The molecule has 0 spiro atoms. The van der Waals surface area contributed by atoms with Crippen LogP contribution in [0.25, 0.3) is 0 Å². The van der Waals surface area contributed by atoms with Crippen LogP contribution in [-0.2, 0) is 4.79 Å². The zero-order chi connectivity index (χ0) is 25.7. The van der Waals surface area contributed by atoms with E-state index in [0.29, 0.717) is 28.2 Å². The standard InChI is InChI=1S/C28H31N5O3.HI/c1-33(2,3)18-17-32-24-16-9-8-15-23(24)25(20-11-6-5-7-12-20)30-26(27(32)34)31-28(35)29-21-13-10-14-22(19-21)36-4;/h5-16,19,26H,17-18H2,1-4H3,(H-,29,31,35);1H. The van der Waals surface area contributed by atoms with Gasteiger partial charge in [-0.3, -0.25) is 4.79 Å². The van der Waals surface area contributed by atoms with Gasteiger partial charge in [0.15, 0.2) is 0 Å². The monoisotopic (exact) mass is 613 g/mol. The van der Waals surface area contributed by atoms with Crippen molar-refractivity contribution < 1.29 is 42.8 Å². The van der Waals surface area contributed by atoms with Crippen molar-refractivity contribution in [1.29, 1.82) is 0 Å². The number of fused-ring (bicyclic) bond motifs is 1. The number of benzene rings is 3. The number of quaternary nitrogens is 1. The number of halogens is 1. The number of hydrogen-bond acceptors (Lipinski definition) is 4. The third-order valence-electron chi connectivity index (χ3n) is 5.85. The summed E-state index contributed by atoms with van der Waals surface area (Å²) in [5.74, 6) is 0.326. The number of amides is 3. The lowest BCUT2D eigenvalue weighted by atomic mass is 10.0. The molecule has 2 N–H and O–H groups in total. The summed E-state index contributed by atoms with van der Waals surface area (Å²) in [5, 5.41) is 5.56. The summed E-state index contributed by atoms with van der Waals surface area (Å²) in [6, 6.07) is 23.9. The van der Waals surface area contributed by atoms with Crippen molar-refractivity contribution in [1.82, 2.24) is 5.32 Å². The summed E-state index contributed by atoms with van der Waals surface area (Å²) in [4.78, 5) is 33.3. The normalized spacial score (nSPS) is 15.0. The number of hydrogen-bond donors (Lipinski definition) is 2. The molecule has 3 amide bonds. The number of rotatable bonds is 7. The first-order valence-electron chi connectivity index (χ1n) is 11.8. The largest absolute Gasteiger partial charge is 1.00 e. The van der Waals surface area contributed by atoms with E-state index in [1.165, 1.54) is 0 Å². The highest BCUT2D eigenvalue weighted by Gasteiger charge is 2.33. The summed E-state index contributed by atoms with van der Waals surface area (Å²) < 4.78 is 5.92. The van der Waals surface area contributed by atoms with Gasteiger partial charge in [-0.25, -0.2) is 9.79 Å². The zero-order valence-corrected chi connectivity index (χ0v) is 23.6. The Balaban J connectivity index is 0.00000380. The fourth-order valence-electron chi connectivity index (χ4n) is 3.97. The van der Waals surface area contributed by atoms with Crippen LogP contribution in [0.3, 0.4) is 0 Å². The Morgan fingerprint density at radius 1 is 1.00 bits per heavy atom. The molecule has 1 aliphatic rings. The number of carbonyl (C=O) groups excluding carboxylic acids is 2. The molecule has 194 valence electrons. The van der Waals surface area contributed by atoms with Crippen molar-refractivity contribution in [3.63, 3.8) is 0 Å². The first kappa shape index (κ1) is 28.1.